The molecule has 1 rings (SSSR count). The lowest BCUT2D eigenvalue weighted by Gasteiger charge is -2.26. The normalized spacial score (nSPS) is 12.8. The highest BCUT2D eigenvalue weighted by molar-refractivity contribution is 7.89. The van der Waals surface area contributed by atoms with E-state index in [0.717, 1.165) is 0 Å². The number of nitrogens with zero attached hydrogens (tertiary/aromatic N) is 2. The molecule has 0 aromatic carbocycles. The number of hydrogen-bond donors (Lipinski definition) is 2. The van der Waals surface area contributed by atoms with Gasteiger partial charge in [-0.1, -0.05) is 20.8 Å². The molecule has 0 unspecified atom stereocenters. The van der Waals surface area contributed by atoms with Gasteiger partial charge in [-0.15, -0.1) is 0 Å². The van der Waals surface area contributed by atoms with Crippen LogP contribution >= 0.6 is 0 Å². The summed E-state index contributed by atoms with van der Waals surface area (Å²) in [5.41, 5.74) is 2.18. The predicted molar refractivity (Wildman–Crippen MR) is 71.3 cm³/mol. The SMILES string of the molecule is CN(CC(C)(C)C)S(=O)(=O)c1cccnc1NN. The third-order valence-electron chi connectivity index (χ3n) is 2.29. The highest BCUT2D eigenvalue weighted by atomic mass is 32.2. The fourth-order valence-corrected chi connectivity index (χ4v) is 3.13. The standard InChI is InChI=1S/C11H20N4O2S/c1-11(2,3)8-15(4)18(16,17)9-6-5-7-13-10(9)14-12/h5-7H,8,12H2,1-4H3,(H,13,14). The Balaban J connectivity index is 3.14. The van der Waals surface area contributed by atoms with Gasteiger partial charge in [0.15, 0.2) is 5.82 Å². The largest absolute Gasteiger partial charge is 0.307 e. The van der Waals surface area contributed by atoms with Crippen molar-refractivity contribution in [3.05, 3.63) is 18.3 Å². The van der Waals surface area contributed by atoms with Gasteiger partial charge in [0.2, 0.25) is 10.0 Å². The summed E-state index contributed by atoms with van der Waals surface area (Å²) in [7, 11) is -2.04. The summed E-state index contributed by atoms with van der Waals surface area (Å²) >= 11 is 0. The van der Waals surface area contributed by atoms with Crippen molar-refractivity contribution >= 4 is 15.8 Å². The lowest BCUT2D eigenvalue weighted by atomic mass is 9.97. The molecule has 0 aliphatic heterocycles. The number of nitrogens with one attached hydrogen (secondary N) is 1. The van der Waals surface area contributed by atoms with Crippen LogP contribution < -0.4 is 11.3 Å². The van der Waals surface area contributed by atoms with Crippen molar-refractivity contribution in [2.75, 3.05) is 19.0 Å². The number of hydrogen-bond acceptors (Lipinski definition) is 5. The molecule has 1 aromatic heterocycles. The van der Waals surface area contributed by atoms with E-state index in [1.807, 2.05) is 20.8 Å². The lowest BCUT2D eigenvalue weighted by Crippen LogP contribution is -2.35. The van der Waals surface area contributed by atoms with Gasteiger partial charge in [-0.05, 0) is 17.5 Å². The Hall–Kier alpha value is -1.18. The topological polar surface area (TPSA) is 88.3 Å². The van der Waals surface area contributed by atoms with Crippen LogP contribution in [0.3, 0.4) is 0 Å². The van der Waals surface area contributed by atoms with E-state index in [9.17, 15) is 8.42 Å². The molecule has 6 nitrogen and oxygen atoms in total. The third-order valence-corrected chi connectivity index (χ3v) is 4.13. The zero-order valence-electron chi connectivity index (χ0n) is 11.1. The average molecular weight is 272 g/mol. The first kappa shape index (κ1) is 14.9. The van der Waals surface area contributed by atoms with Crippen molar-refractivity contribution in [1.29, 1.82) is 0 Å². The highest BCUT2D eigenvalue weighted by Gasteiger charge is 2.27. The van der Waals surface area contributed by atoms with Gasteiger partial charge >= 0.3 is 0 Å². The summed E-state index contributed by atoms with van der Waals surface area (Å²) in [4.78, 5) is 3.98. The number of nitrogen functional groups attached to an aromatic ring is 1. The minimum atomic E-state index is -3.59. The van der Waals surface area contributed by atoms with Crippen LogP contribution in [0.2, 0.25) is 0 Å². The summed E-state index contributed by atoms with van der Waals surface area (Å²) < 4.78 is 26.1. The fourth-order valence-electron chi connectivity index (χ4n) is 1.63. The molecule has 0 aliphatic carbocycles. The van der Waals surface area contributed by atoms with Gasteiger partial charge in [-0.2, -0.15) is 0 Å². The summed E-state index contributed by atoms with van der Waals surface area (Å²) in [5, 5.41) is 0. The van der Waals surface area contributed by atoms with Gasteiger partial charge in [-0.3, -0.25) is 0 Å². The first-order valence-electron chi connectivity index (χ1n) is 5.56. The number of nitrogens with two attached hydrogens (primary N) is 1. The number of hydrazine groups is 1. The molecule has 18 heavy (non-hydrogen) atoms. The second-order valence-corrected chi connectivity index (χ2v) is 7.33. The molecule has 0 fully saturated rings. The van der Waals surface area contributed by atoms with Crippen LogP contribution in [-0.4, -0.2) is 31.3 Å². The van der Waals surface area contributed by atoms with E-state index in [4.69, 9.17) is 5.84 Å². The van der Waals surface area contributed by atoms with Crippen LogP contribution in [-0.2, 0) is 10.0 Å². The van der Waals surface area contributed by atoms with Crippen LogP contribution in [0.15, 0.2) is 23.2 Å². The van der Waals surface area contributed by atoms with Gasteiger partial charge in [0, 0.05) is 19.8 Å². The van der Waals surface area contributed by atoms with E-state index in [1.165, 1.54) is 16.6 Å². The van der Waals surface area contributed by atoms with Gasteiger partial charge in [0.1, 0.15) is 4.90 Å². The summed E-state index contributed by atoms with van der Waals surface area (Å²) in [6.45, 7) is 6.34. The first-order valence-corrected chi connectivity index (χ1v) is 7.00. The molecule has 0 radical (unpaired) electrons. The van der Waals surface area contributed by atoms with Crippen molar-refractivity contribution in [3.8, 4) is 0 Å². The van der Waals surface area contributed by atoms with Crippen LogP contribution in [0, 0.1) is 5.41 Å². The summed E-state index contributed by atoms with van der Waals surface area (Å²) in [6, 6.07) is 3.05. The minimum Gasteiger partial charge on any atom is -0.307 e. The first-order chi connectivity index (χ1) is 8.18. The van der Waals surface area contributed by atoms with Crippen LogP contribution in [0.5, 0.6) is 0 Å². The number of anilines is 1. The molecule has 0 saturated carbocycles. The zero-order valence-corrected chi connectivity index (χ0v) is 12.0. The van der Waals surface area contributed by atoms with Crippen LogP contribution in [0.4, 0.5) is 5.82 Å². The molecule has 1 heterocycles. The molecule has 0 saturated heterocycles. The van der Waals surface area contributed by atoms with Crippen molar-refractivity contribution in [2.24, 2.45) is 11.3 Å². The maximum atomic E-state index is 12.4. The van der Waals surface area contributed by atoms with E-state index in [-0.39, 0.29) is 16.1 Å². The van der Waals surface area contributed by atoms with Crippen LogP contribution in [0.1, 0.15) is 20.8 Å². The van der Waals surface area contributed by atoms with Crippen molar-refractivity contribution < 1.29 is 8.42 Å². The van der Waals surface area contributed by atoms with Crippen molar-refractivity contribution in [2.45, 2.75) is 25.7 Å². The monoisotopic (exact) mass is 272 g/mol. The average Bonchev–Trinajstić information content (AvgIpc) is 2.26. The highest BCUT2D eigenvalue weighted by Crippen LogP contribution is 2.24. The lowest BCUT2D eigenvalue weighted by molar-refractivity contribution is 0.311. The molecule has 0 amide bonds. The maximum absolute atomic E-state index is 12.4. The Labute approximate surface area is 108 Å². The molecule has 0 atom stereocenters. The second kappa shape index (κ2) is 5.21. The quantitative estimate of drug-likeness (QED) is 0.631. The van der Waals surface area contributed by atoms with Gasteiger partial charge < -0.3 is 5.43 Å². The molecule has 0 aliphatic rings. The molecule has 7 heteroatoms. The number of aromatic nitrogens is 1. The van der Waals surface area contributed by atoms with Gasteiger partial charge in [0.25, 0.3) is 0 Å². The third kappa shape index (κ3) is 3.41. The molecular weight excluding hydrogens is 252 g/mol. The van der Waals surface area contributed by atoms with Gasteiger partial charge in [0.05, 0.1) is 0 Å². The Kier molecular flexibility index (Phi) is 4.31. The van der Waals surface area contributed by atoms with E-state index >= 15 is 0 Å². The van der Waals surface area contributed by atoms with Gasteiger partial charge in [-0.25, -0.2) is 23.5 Å². The van der Waals surface area contributed by atoms with E-state index in [1.54, 1.807) is 13.1 Å². The molecule has 1 aromatic rings. The molecule has 102 valence electrons. The predicted octanol–water partition coefficient (Wildman–Crippen LogP) is 1.03. The Morgan fingerprint density at radius 3 is 2.56 bits per heavy atom. The molecule has 3 N–H and O–H groups in total. The second-order valence-electron chi connectivity index (χ2n) is 5.32. The fraction of sp³-hybridized carbons (Fsp3) is 0.545. The number of sulfonamides is 1. The summed E-state index contributed by atoms with van der Waals surface area (Å²) in [5.74, 6) is 5.43. The number of pyridine rings is 1. The minimum absolute atomic E-state index is 0.0826. The van der Waals surface area contributed by atoms with Crippen molar-refractivity contribution in [1.82, 2.24) is 9.29 Å². The Morgan fingerprint density at radius 2 is 2.06 bits per heavy atom. The van der Waals surface area contributed by atoms with E-state index in [0.29, 0.717) is 6.54 Å². The van der Waals surface area contributed by atoms with Crippen molar-refractivity contribution in [3.63, 3.8) is 0 Å². The van der Waals surface area contributed by atoms with E-state index < -0.39 is 10.0 Å². The zero-order chi connectivity index (χ0) is 14.0. The molecule has 0 spiro atoms. The van der Waals surface area contributed by atoms with Crippen LogP contribution in [0.25, 0.3) is 0 Å². The maximum Gasteiger partial charge on any atom is 0.246 e. The molecule has 0 bridgehead atoms. The summed E-state index contributed by atoms with van der Waals surface area (Å²) in [6.07, 6.45) is 1.48. The smallest absolute Gasteiger partial charge is 0.246 e. The Bertz CT molecular complexity index is 508. The number of rotatable bonds is 4. The van der Waals surface area contributed by atoms with E-state index in [2.05, 4.69) is 10.4 Å². The molecular formula is C11H20N4O2S. The Morgan fingerprint density at radius 1 is 1.44 bits per heavy atom.